The SMILES string of the molecule is Cc1cc(C=O)c(F)cc1Br. The second kappa shape index (κ2) is 3.13. The van der Waals surface area contributed by atoms with Crippen molar-refractivity contribution >= 4 is 22.2 Å². The zero-order valence-corrected chi connectivity index (χ0v) is 7.48. The molecule has 0 saturated carbocycles. The highest BCUT2D eigenvalue weighted by atomic mass is 79.9. The number of carbonyl (C=O) groups excluding carboxylic acids is 1. The van der Waals surface area contributed by atoms with E-state index in [1.165, 1.54) is 12.1 Å². The summed E-state index contributed by atoms with van der Waals surface area (Å²) in [6.45, 7) is 1.80. The van der Waals surface area contributed by atoms with Gasteiger partial charge in [-0.3, -0.25) is 4.79 Å². The van der Waals surface area contributed by atoms with Crippen LogP contribution in [-0.4, -0.2) is 6.29 Å². The molecule has 0 amide bonds. The summed E-state index contributed by atoms with van der Waals surface area (Å²) in [5, 5.41) is 0. The van der Waals surface area contributed by atoms with E-state index in [-0.39, 0.29) is 5.56 Å². The molecule has 1 aromatic rings. The number of aryl methyl sites for hydroxylation is 1. The van der Waals surface area contributed by atoms with E-state index in [4.69, 9.17) is 0 Å². The first-order valence-electron chi connectivity index (χ1n) is 3.06. The van der Waals surface area contributed by atoms with Gasteiger partial charge in [-0.05, 0) is 24.6 Å². The highest BCUT2D eigenvalue weighted by Gasteiger charge is 2.03. The summed E-state index contributed by atoms with van der Waals surface area (Å²) < 4.78 is 13.5. The minimum absolute atomic E-state index is 0.103. The van der Waals surface area contributed by atoms with Crippen LogP contribution in [-0.2, 0) is 0 Å². The molecule has 0 fully saturated rings. The predicted molar refractivity (Wildman–Crippen MR) is 44.2 cm³/mol. The lowest BCUT2D eigenvalue weighted by Gasteiger charge is -1.99. The van der Waals surface area contributed by atoms with Crippen molar-refractivity contribution in [3.63, 3.8) is 0 Å². The van der Waals surface area contributed by atoms with E-state index < -0.39 is 5.82 Å². The van der Waals surface area contributed by atoms with E-state index in [0.29, 0.717) is 10.8 Å². The van der Waals surface area contributed by atoms with Gasteiger partial charge in [0.2, 0.25) is 0 Å². The van der Waals surface area contributed by atoms with E-state index in [9.17, 15) is 9.18 Å². The van der Waals surface area contributed by atoms with Crippen molar-refractivity contribution in [2.24, 2.45) is 0 Å². The smallest absolute Gasteiger partial charge is 0.153 e. The maximum Gasteiger partial charge on any atom is 0.153 e. The van der Waals surface area contributed by atoms with Gasteiger partial charge in [0, 0.05) is 4.47 Å². The molecule has 0 radical (unpaired) electrons. The van der Waals surface area contributed by atoms with Crippen LogP contribution in [0, 0.1) is 12.7 Å². The van der Waals surface area contributed by atoms with Crippen LogP contribution in [0.5, 0.6) is 0 Å². The number of hydrogen-bond donors (Lipinski definition) is 0. The minimum Gasteiger partial charge on any atom is -0.298 e. The van der Waals surface area contributed by atoms with Crippen LogP contribution in [0.25, 0.3) is 0 Å². The van der Waals surface area contributed by atoms with Gasteiger partial charge in [0.15, 0.2) is 6.29 Å². The lowest BCUT2D eigenvalue weighted by atomic mass is 10.1. The molecule has 3 heteroatoms. The van der Waals surface area contributed by atoms with E-state index in [0.717, 1.165) is 5.56 Å². The molecule has 11 heavy (non-hydrogen) atoms. The first-order chi connectivity index (χ1) is 5.15. The topological polar surface area (TPSA) is 17.1 Å². The number of halogens is 2. The fourth-order valence-electron chi connectivity index (χ4n) is 0.770. The summed E-state index contributed by atoms with van der Waals surface area (Å²) in [6, 6.07) is 2.80. The fraction of sp³-hybridized carbons (Fsp3) is 0.125. The normalized spacial score (nSPS) is 9.73. The van der Waals surface area contributed by atoms with Gasteiger partial charge in [-0.1, -0.05) is 15.9 Å². The van der Waals surface area contributed by atoms with Gasteiger partial charge in [0.1, 0.15) is 5.82 Å². The number of rotatable bonds is 1. The molecule has 0 spiro atoms. The van der Waals surface area contributed by atoms with Gasteiger partial charge < -0.3 is 0 Å². The fourth-order valence-corrected chi connectivity index (χ4v) is 1.09. The average molecular weight is 217 g/mol. The van der Waals surface area contributed by atoms with Gasteiger partial charge in [-0.2, -0.15) is 0 Å². The first-order valence-corrected chi connectivity index (χ1v) is 3.85. The van der Waals surface area contributed by atoms with Crippen LogP contribution in [0.1, 0.15) is 15.9 Å². The second-order valence-electron chi connectivity index (χ2n) is 2.24. The van der Waals surface area contributed by atoms with Gasteiger partial charge in [-0.25, -0.2) is 4.39 Å². The average Bonchev–Trinajstić information content (AvgIpc) is 1.97. The second-order valence-corrected chi connectivity index (χ2v) is 3.10. The predicted octanol–water partition coefficient (Wildman–Crippen LogP) is 2.71. The Hall–Kier alpha value is -0.700. The molecule has 0 heterocycles. The third-order valence-electron chi connectivity index (χ3n) is 1.40. The van der Waals surface area contributed by atoms with Crippen molar-refractivity contribution in [3.05, 3.63) is 33.5 Å². The molecular formula is C8H6BrFO. The monoisotopic (exact) mass is 216 g/mol. The third kappa shape index (κ3) is 1.66. The summed E-state index contributed by atoms with van der Waals surface area (Å²) in [6.07, 6.45) is 0.509. The molecule has 0 aliphatic rings. The summed E-state index contributed by atoms with van der Waals surface area (Å²) in [5.74, 6) is -0.488. The molecular weight excluding hydrogens is 211 g/mol. The van der Waals surface area contributed by atoms with Gasteiger partial charge in [0.05, 0.1) is 5.56 Å². The lowest BCUT2D eigenvalue weighted by Crippen LogP contribution is -1.89. The maximum absolute atomic E-state index is 12.8. The largest absolute Gasteiger partial charge is 0.298 e. The standard InChI is InChI=1S/C8H6BrFO/c1-5-2-6(4-11)8(10)3-7(5)9/h2-4H,1H3. The molecule has 0 bridgehead atoms. The Morgan fingerprint density at radius 1 is 1.55 bits per heavy atom. The Bertz CT molecular complexity index is 296. The van der Waals surface area contributed by atoms with Crippen LogP contribution in [0.2, 0.25) is 0 Å². The van der Waals surface area contributed by atoms with Crippen molar-refractivity contribution in [1.29, 1.82) is 0 Å². The Labute approximate surface area is 72.4 Å². The van der Waals surface area contributed by atoms with Crippen molar-refractivity contribution in [2.75, 3.05) is 0 Å². The molecule has 0 aromatic heterocycles. The van der Waals surface area contributed by atoms with Crippen molar-refractivity contribution < 1.29 is 9.18 Å². The number of carbonyl (C=O) groups is 1. The molecule has 0 N–H and O–H groups in total. The molecule has 0 atom stereocenters. The minimum atomic E-state index is -0.488. The van der Waals surface area contributed by atoms with Crippen LogP contribution < -0.4 is 0 Å². The third-order valence-corrected chi connectivity index (χ3v) is 2.26. The molecule has 0 unspecified atom stereocenters. The van der Waals surface area contributed by atoms with Crippen LogP contribution in [0.3, 0.4) is 0 Å². The van der Waals surface area contributed by atoms with Crippen molar-refractivity contribution in [3.8, 4) is 0 Å². The number of benzene rings is 1. The number of hydrogen-bond acceptors (Lipinski definition) is 1. The first kappa shape index (κ1) is 8.40. The molecule has 1 nitrogen and oxygen atoms in total. The number of aldehydes is 1. The van der Waals surface area contributed by atoms with E-state index in [1.807, 2.05) is 0 Å². The highest BCUT2D eigenvalue weighted by Crippen LogP contribution is 2.19. The zero-order valence-electron chi connectivity index (χ0n) is 5.90. The summed E-state index contributed by atoms with van der Waals surface area (Å²) in [5.41, 5.74) is 0.958. The summed E-state index contributed by atoms with van der Waals surface area (Å²) in [4.78, 5) is 10.2. The molecule has 58 valence electrons. The Morgan fingerprint density at radius 2 is 2.18 bits per heavy atom. The molecule has 1 aromatic carbocycles. The van der Waals surface area contributed by atoms with Crippen molar-refractivity contribution in [2.45, 2.75) is 6.92 Å². The van der Waals surface area contributed by atoms with Crippen molar-refractivity contribution in [1.82, 2.24) is 0 Å². The zero-order chi connectivity index (χ0) is 8.43. The van der Waals surface area contributed by atoms with Gasteiger partial charge in [0.25, 0.3) is 0 Å². The molecule has 1 rings (SSSR count). The van der Waals surface area contributed by atoms with Gasteiger partial charge >= 0.3 is 0 Å². The summed E-state index contributed by atoms with van der Waals surface area (Å²) in [7, 11) is 0. The molecule has 0 aliphatic carbocycles. The molecule has 0 aliphatic heterocycles. The highest BCUT2D eigenvalue weighted by molar-refractivity contribution is 9.10. The Morgan fingerprint density at radius 3 is 2.73 bits per heavy atom. The quantitative estimate of drug-likeness (QED) is 0.661. The van der Waals surface area contributed by atoms with E-state index in [1.54, 1.807) is 6.92 Å². The molecule has 0 saturated heterocycles. The Kier molecular flexibility index (Phi) is 2.39. The summed E-state index contributed by atoms with van der Waals surface area (Å²) >= 11 is 3.15. The lowest BCUT2D eigenvalue weighted by molar-refractivity contribution is 0.111. The van der Waals surface area contributed by atoms with Crippen LogP contribution >= 0.6 is 15.9 Å². The maximum atomic E-state index is 12.8. The van der Waals surface area contributed by atoms with E-state index >= 15 is 0 Å². The van der Waals surface area contributed by atoms with Crippen LogP contribution in [0.15, 0.2) is 16.6 Å². The Balaban J connectivity index is 3.31. The van der Waals surface area contributed by atoms with E-state index in [2.05, 4.69) is 15.9 Å². The van der Waals surface area contributed by atoms with Gasteiger partial charge in [-0.15, -0.1) is 0 Å². The van der Waals surface area contributed by atoms with Crippen LogP contribution in [0.4, 0.5) is 4.39 Å².